The van der Waals surface area contributed by atoms with Crippen LogP contribution < -0.4 is 5.32 Å². The highest BCUT2D eigenvalue weighted by Crippen LogP contribution is 2.12. The summed E-state index contributed by atoms with van der Waals surface area (Å²) in [6.07, 6.45) is 7.01. The van der Waals surface area contributed by atoms with Crippen LogP contribution in [0.5, 0.6) is 0 Å². The van der Waals surface area contributed by atoms with E-state index in [1.54, 1.807) is 0 Å². The smallest absolute Gasteiger partial charge is 0.312 e. The lowest BCUT2D eigenvalue weighted by atomic mass is 10.1. The molecule has 1 N–H and O–H groups in total. The second-order valence-corrected chi connectivity index (χ2v) is 8.44. The molecule has 0 saturated heterocycles. The first-order valence-corrected chi connectivity index (χ1v) is 12.6. The Morgan fingerprint density at radius 3 is 2.13 bits per heavy atom. The van der Waals surface area contributed by atoms with E-state index < -0.39 is 17.8 Å². The minimum atomic E-state index is -0.527. The molecule has 0 aliphatic carbocycles. The molecule has 2 aromatic carbocycles. The Hall–Kier alpha value is -4.55. The molecular formula is C30H31N3O6. The molecule has 0 aliphatic rings. The van der Waals surface area contributed by atoms with E-state index in [4.69, 9.17) is 20.6 Å². The molecule has 0 aliphatic heterocycles. The van der Waals surface area contributed by atoms with Crippen LogP contribution in [0.25, 0.3) is 0 Å². The van der Waals surface area contributed by atoms with Crippen molar-refractivity contribution in [1.29, 1.82) is 0 Å². The first-order chi connectivity index (χ1) is 19.0. The molecule has 39 heavy (non-hydrogen) atoms. The van der Waals surface area contributed by atoms with Crippen LogP contribution in [0.3, 0.4) is 0 Å². The number of nitrogens with one attached hydrogen (secondary N) is 1. The number of aromatic nitrogens is 2. The van der Waals surface area contributed by atoms with Crippen LogP contribution in [0, 0.1) is 12.3 Å². The molecule has 0 unspecified atom stereocenters. The normalized spacial score (nSPS) is 10.3. The third-order valence-electron chi connectivity index (χ3n) is 5.45. The van der Waals surface area contributed by atoms with Crippen molar-refractivity contribution < 1.29 is 28.6 Å². The van der Waals surface area contributed by atoms with Gasteiger partial charge in [-0.1, -0.05) is 60.7 Å². The summed E-state index contributed by atoms with van der Waals surface area (Å²) in [6, 6.07) is 18.6. The first-order valence-electron chi connectivity index (χ1n) is 12.6. The SMILES string of the molecule is C#CCCOCCNC(=O)c1cnc(CCC(=O)OCc2ccccc2)c(CC(=O)OCc2ccccc2)n1. The van der Waals surface area contributed by atoms with E-state index in [0.29, 0.717) is 25.3 Å². The molecule has 0 spiro atoms. The minimum Gasteiger partial charge on any atom is -0.461 e. The fraction of sp³-hybridized carbons (Fsp3) is 0.300. The van der Waals surface area contributed by atoms with Gasteiger partial charge in [-0.2, -0.15) is 0 Å². The molecule has 3 aromatic rings. The van der Waals surface area contributed by atoms with Gasteiger partial charge in [0.25, 0.3) is 5.91 Å². The lowest BCUT2D eigenvalue weighted by Gasteiger charge is -2.11. The number of aryl methyl sites for hydroxylation is 1. The van der Waals surface area contributed by atoms with Gasteiger partial charge in [0.05, 0.1) is 43.6 Å². The molecule has 1 heterocycles. The third-order valence-corrected chi connectivity index (χ3v) is 5.45. The maximum atomic E-state index is 12.6. The summed E-state index contributed by atoms with van der Waals surface area (Å²) in [4.78, 5) is 46.2. The van der Waals surface area contributed by atoms with Crippen molar-refractivity contribution in [1.82, 2.24) is 15.3 Å². The zero-order valence-electron chi connectivity index (χ0n) is 21.6. The largest absolute Gasteiger partial charge is 0.461 e. The van der Waals surface area contributed by atoms with Gasteiger partial charge in [0.1, 0.15) is 18.9 Å². The quantitative estimate of drug-likeness (QED) is 0.181. The van der Waals surface area contributed by atoms with Crippen molar-refractivity contribution in [2.24, 2.45) is 0 Å². The van der Waals surface area contributed by atoms with E-state index in [1.807, 2.05) is 60.7 Å². The fourth-order valence-corrected chi connectivity index (χ4v) is 3.43. The van der Waals surface area contributed by atoms with E-state index in [0.717, 1.165) is 11.1 Å². The lowest BCUT2D eigenvalue weighted by molar-refractivity contribution is -0.145. The molecule has 9 heteroatoms. The summed E-state index contributed by atoms with van der Waals surface area (Å²) in [5, 5.41) is 2.70. The van der Waals surface area contributed by atoms with Gasteiger partial charge in [0.15, 0.2) is 0 Å². The molecule has 0 fully saturated rings. The maximum Gasteiger partial charge on any atom is 0.312 e. The van der Waals surface area contributed by atoms with E-state index >= 15 is 0 Å². The summed E-state index contributed by atoms with van der Waals surface area (Å²) >= 11 is 0. The first kappa shape index (κ1) is 29.0. The van der Waals surface area contributed by atoms with Crippen molar-refractivity contribution in [3.63, 3.8) is 0 Å². The van der Waals surface area contributed by atoms with Crippen molar-refractivity contribution in [2.75, 3.05) is 19.8 Å². The zero-order chi connectivity index (χ0) is 27.7. The fourth-order valence-electron chi connectivity index (χ4n) is 3.43. The van der Waals surface area contributed by atoms with Crippen LogP contribution in [-0.4, -0.2) is 47.6 Å². The van der Waals surface area contributed by atoms with Crippen molar-refractivity contribution in [2.45, 2.75) is 38.9 Å². The summed E-state index contributed by atoms with van der Waals surface area (Å²) in [6.45, 7) is 1.23. The molecule has 0 bridgehead atoms. The van der Waals surface area contributed by atoms with Gasteiger partial charge in [0.2, 0.25) is 0 Å². The number of amides is 1. The maximum absolute atomic E-state index is 12.6. The van der Waals surface area contributed by atoms with Gasteiger partial charge < -0.3 is 19.5 Å². The summed E-state index contributed by atoms with van der Waals surface area (Å²) < 4.78 is 16.0. The molecule has 0 atom stereocenters. The van der Waals surface area contributed by atoms with Crippen LogP contribution >= 0.6 is 0 Å². The van der Waals surface area contributed by atoms with Gasteiger partial charge in [-0.05, 0) is 11.1 Å². The zero-order valence-corrected chi connectivity index (χ0v) is 21.6. The van der Waals surface area contributed by atoms with Crippen molar-refractivity contribution in [3.8, 4) is 12.3 Å². The highest BCUT2D eigenvalue weighted by atomic mass is 16.5. The standard InChI is InChI=1S/C30H31N3O6/c1-2-3-17-37-18-16-31-30(36)27-20-32-25(14-15-28(34)38-21-23-10-6-4-7-11-23)26(33-27)19-29(35)39-22-24-12-8-5-9-13-24/h1,4-13,20H,3,14-19,21-22H2,(H,31,36). The second-order valence-electron chi connectivity index (χ2n) is 8.44. The van der Waals surface area contributed by atoms with Crippen LogP contribution in [0.4, 0.5) is 0 Å². The molecule has 1 amide bonds. The van der Waals surface area contributed by atoms with E-state index in [-0.39, 0.29) is 50.4 Å². The number of carbonyl (C=O) groups is 3. The van der Waals surface area contributed by atoms with E-state index in [1.165, 1.54) is 6.20 Å². The predicted octanol–water partition coefficient (Wildman–Crippen LogP) is 3.21. The third kappa shape index (κ3) is 10.8. The van der Waals surface area contributed by atoms with E-state index in [2.05, 4.69) is 21.2 Å². The van der Waals surface area contributed by atoms with Crippen LogP contribution in [0.2, 0.25) is 0 Å². The average Bonchev–Trinajstić information content (AvgIpc) is 2.97. The van der Waals surface area contributed by atoms with Gasteiger partial charge in [0, 0.05) is 19.4 Å². The highest BCUT2D eigenvalue weighted by Gasteiger charge is 2.18. The van der Waals surface area contributed by atoms with Crippen LogP contribution in [0.1, 0.15) is 45.8 Å². The van der Waals surface area contributed by atoms with Crippen LogP contribution in [0.15, 0.2) is 66.9 Å². The molecule has 3 rings (SSSR count). The summed E-state index contributed by atoms with van der Waals surface area (Å²) in [7, 11) is 0. The van der Waals surface area contributed by atoms with Gasteiger partial charge in [-0.3, -0.25) is 19.4 Å². The number of esters is 2. The summed E-state index contributed by atoms with van der Waals surface area (Å²) in [5.41, 5.74) is 2.44. The molecule has 0 radical (unpaired) electrons. The molecular weight excluding hydrogens is 498 g/mol. The number of benzene rings is 2. The number of ether oxygens (including phenoxy) is 3. The van der Waals surface area contributed by atoms with Crippen molar-refractivity contribution >= 4 is 17.8 Å². The van der Waals surface area contributed by atoms with Gasteiger partial charge >= 0.3 is 11.9 Å². The number of rotatable bonds is 15. The van der Waals surface area contributed by atoms with Gasteiger partial charge in [-0.25, -0.2) is 4.98 Å². The Labute approximate surface area is 227 Å². The van der Waals surface area contributed by atoms with Crippen molar-refractivity contribution in [3.05, 3.63) is 95.1 Å². The minimum absolute atomic E-state index is 0.0358. The number of nitrogens with zero attached hydrogens (tertiary/aromatic N) is 2. The highest BCUT2D eigenvalue weighted by molar-refractivity contribution is 5.92. The Morgan fingerprint density at radius 2 is 1.49 bits per heavy atom. The lowest BCUT2D eigenvalue weighted by Crippen LogP contribution is -2.29. The number of hydrogen-bond acceptors (Lipinski definition) is 8. The predicted molar refractivity (Wildman–Crippen MR) is 143 cm³/mol. The molecule has 9 nitrogen and oxygen atoms in total. The number of hydrogen-bond donors (Lipinski definition) is 1. The monoisotopic (exact) mass is 529 g/mol. The number of carbonyl (C=O) groups excluding carboxylic acids is 3. The molecule has 202 valence electrons. The Kier molecular flexibility index (Phi) is 12.1. The topological polar surface area (TPSA) is 117 Å². The van der Waals surface area contributed by atoms with Crippen LogP contribution in [-0.2, 0) is 49.9 Å². The van der Waals surface area contributed by atoms with E-state index in [9.17, 15) is 14.4 Å². The molecule has 1 aromatic heterocycles. The number of terminal acetylenes is 1. The molecule has 0 saturated carbocycles. The Morgan fingerprint density at radius 1 is 0.846 bits per heavy atom. The second kappa shape index (κ2) is 16.3. The summed E-state index contributed by atoms with van der Waals surface area (Å²) in [5.74, 6) is 1.07. The van der Waals surface area contributed by atoms with Gasteiger partial charge in [-0.15, -0.1) is 12.3 Å². The Balaban J connectivity index is 1.61. The average molecular weight is 530 g/mol. The Bertz CT molecular complexity index is 1260.